The standard InChI is InChI=1S/C21H32O6/c1-5-7-9-10-12-18(23)25-15-13-21(24,17(22)11-8-6-2)14-16-19(15)27-20(3,4)26-16/h5-6,15-16,19,24H,1-2,7-14H2,3-4H3/t15-,16-,19+,21-/m1/s1. The number of unbranched alkanes of at least 4 members (excludes halogenated alkanes) is 2. The number of rotatable bonds is 10. The number of Topliss-reactive ketones (excluding diaryl/α,β-unsaturated/α-hetero) is 1. The molecule has 2 aliphatic rings. The summed E-state index contributed by atoms with van der Waals surface area (Å²) in [4.78, 5) is 24.8. The Hall–Kier alpha value is -1.50. The highest BCUT2D eigenvalue weighted by Gasteiger charge is 2.57. The highest BCUT2D eigenvalue weighted by molar-refractivity contribution is 5.87. The van der Waals surface area contributed by atoms with Gasteiger partial charge in [-0.25, -0.2) is 0 Å². The molecule has 1 heterocycles. The van der Waals surface area contributed by atoms with Crippen molar-refractivity contribution in [2.75, 3.05) is 0 Å². The summed E-state index contributed by atoms with van der Waals surface area (Å²) in [7, 11) is 0. The first-order valence-electron chi connectivity index (χ1n) is 9.73. The van der Waals surface area contributed by atoms with Gasteiger partial charge in [0, 0.05) is 25.7 Å². The highest BCUT2D eigenvalue weighted by atomic mass is 16.8. The van der Waals surface area contributed by atoms with Gasteiger partial charge in [-0.1, -0.05) is 12.2 Å². The minimum atomic E-state index is -1.58. The lowest BCUT2D eigenvalue weighted by atomic mass is 9.76. The second-order valence-corrected chi connectivity index (χ2v) is 7.89. The van der Waals surface area contributed by atoms with Gasteiger partial charge >= 0.3 is 5.97 Å². The number of esters is 1. The second-order valence-electron chi connectivity index (χ2n) is 7.89. The van der Waals surface area contributed by atoms with Crippen LogP contribution in [0.1, 0.15) is 65.2 Å². The fraction of sp³-hybridized carbons (Fsp3) is 0.714. The van der Waals surface area contributed by atoms with Crippen LogP contribution in [0.5, 0.6) is 0 Å². The minimum absolute atomic E-state index is 0.0297. The van der Waals surface area contributed by atoms with E-state index in [9.17, 15) is 14.7 Å². The molecule has 1 aliphatic heterocycles. The summed E-state index contributed by atoms with van der Waals surface area (Å²) >= 11 is 0. The van der Waals surface area contributed by atoms with E-state index >= 15 is 0 Å². The largest absolute Gasteiger partial charge is 0.459 e. The average Bonchev–Trinajstić information content (AvgIpc) is 2.90. The fourth-order valence-electron chi connectivity index (χ4n) is 3.79. The number of allylic oxidation sites excluding steroid dienone is 2. The highest BCUT2D eigenvalue weighted by Crippen LogP contribution is 2.42. The maximum absolute atomic E-state index is 12.6. The first-order valence-corrected chi connectivity index (χ1v) is 9.73. The molecule has 2 rings (SSSR count). The predicted octanol–water partition coefficient (Wildman–Crippen LogP) is 3.22. The van der Waals surface area contributed by atoms with Crippen molar-refractivity contribution in [2.24, 2.45) is 0 Å². The molecule has 0 aromatic heterocycles. The first-order chi connectivity index (χ1) is 12.7. The van der Waals surface area contributed by atoms with Crippen molar-refractivity contribution in [1.82, 2.24) is 0 Å². The summed E-state index contributed by atoms with van der Waals surface area (Å²) in [5.41, 5.74) is -1.58. The molecule has 152 valence electrons. The summed E-state index contributed by atoms with van der Waals surface area (Å²) in [6, 6.07) is 0. The second kappa shape index (κ2) is 9.13. The molecule has 0 aromatic rings. The van der Waals surface area contributed by atoms with E-state index in [-0.39, 0.29) is 37.4 Å². The Bertz CT molecular complexity index is 569. The molecule has 0 unspecified atom stereocenters. The molecular weight excluding hydrogens is 348 g/mol. The topological polar surface area (TPSA) is 82.1 Å². The Morgan fingerprint density at radius 2 is 1.81 bits per heavy atom. The number of carbonyl (C=O) groups is 2. The van der Waals surface area contributed by atoms with Crippen molar-refractivity contribution < 1.29 is 28.9 Å². The molecule has 1 saturated carbocycles. The SMILES string of the molecule is C=CCCCCC(=O)O[C@@H]1C[C@](O)(C(=O)CCC=C)C[C@H]2OC(C)(C)O[C@@H]12. The van der Waals surface area contributed by atoms with Gasteiger partial charge < -0.3 is 19.3 Å². The smallest absolute Gasteiger partial charge is 0.306 e. The van der Waals surface area contributed by atoms with E-state index < -0.39 is 29.7 Å². The monoisotopic (exact) mass is 380 g/mol. The van der Waals surface area contributed by atoms with Crippen molar-refractivity contribution in [3.8, 4) is 0 Å². The Kier molecular flexibility index (Phi) is 7.37. The number of hydrogen-bond acceptors (Lipinski definition) is 6. The van der Waals surface area contributed by atoms with Gasteiger partial charge in [0.15, 0.2) is 11.6 Å². The maximum Gasteiger partial charge on any atom is 0.306 e. The van der Waals surface area contributed by atoms with Gasteiger partial charge in [0.25, 0.3) is 0 Å². The number of ketones is 1. The summed E-state index contributed by atoms with van der Waals surface area (Å²) in [5.74, 6) is -1.47. The van der Waals surface area contributed by atoms with Crippen LogP contribution in [0, 0.1) is 0 Å². The molecule has 4 atom stereocenters. The number of aliphatic hydroxyl groups is 1. The average molecular weight is 380 g/mol. The molecule has 2 fully saturated rings. The maximum atomic E-state index is 12.6. The van der Waals surface area contributed by atoms with E-state index in [0.717, 1.165) is 12.8 Å². The lowest BCUT2D eigenvalue weighted by Crippen LogP contribution is -2.56. The third kappa shape index (κ3) is 5.74. The molecule has 1 N–H and O–H groups in total. The van der Waals surface area contributed by atoms with Crippen molar-refractivity contribution in [2.45, 2.75) is 94.9 Å². The van der Waals surface area contributed by atoms with E-state index in [1.807, 2.05) is 6.08 Å². The molecule has 1 saturated heterocycles. The summed E-state index contributed by atoms with van der Waals surface area (Å²) in [6.07, 6.45) is 5.35. The lowest BCUT2D eigenvalue weighted by molar-refractivity contribution is -0.179. The molecular formula is C21H32O6. The van der Waals surface area contributed by atoms with E-state index in [2.05, 4.69) is 13.2 Å². The van der Waals surface area contributed by atoms with Crippen LogP contribution in [0.4, 0.5) is 0 Å². The van der Waals surface area contributed by atoms with Crippen LogP contribution in [0.15, 0.2) is 25.3 Å². The molecule has 6 nitrogen and oxygen atoms in total. The summed E-state index contributed by atoms with van der Waals surface area (Å²) < 4.78 is 17.4. The Morgan fingerprint density at radius 3 is 2.48 bits per heavy atom. The van der Waals surface area contributed by atoms with Gasteiger partial charge in [-0.05, 0) is 39.5 Å². The van der Waals surface area contributed by atoms with Gasteiger partial charge in [0.05, 0.1) is 6.10 Å². The van der Waals surface area contributed by atoms with Crippen LogP contribution < -0.4 is 0 Å². The molecule has 1 aliphatic carbocycles. The number of fused-ring (bicyclic) bond motifs is 1. The van der Waals surface area contributed by atoms with Crippen LogP contribution in [-0.2, 0) is 23.8 Å². The molecule has 27 heavy (non-hydrogen) atoms. The Morgan fingerprint density at radius 1 is 1.11 bits per heavy atom. The van der Waals surface area contributed by atoms with E-state index in [1.165, 1.54) is 0 Å². The van der Waals surface area contributed by atoms with Crippen LogP contribution in [-0.4, -0.2) is 46.6 Å². The van der Waals surface area contributed by atoms with Crippen LogP contribution in [0.2, 0.25) is 0 Å². The molecule has 0 aromatic carbocycles. The van der Waals surface area contributed by atoms with Crippen molar-refractivity contribution in [1.29, 1.82) is 0 Å². The summed E-state index contributed by atoms with van der Waals surface area (Å²) in [5, 5.41) is 11.0. The predicted molar refractivity (Wildman–Crippen MR) is 101 cm³/mol. The molecule has 0 radical (unpaired) electrons. The number of hydrogen-bond donors (Lipinski definition) is 1. The number of carbonyl (C=O) groups excluding carboxylic acids is 2. The third-order valence-electron chi connectivity index (χ3n) is 5.08. The quantitative estimate of drug-likeness (QED) is 0.356. The molecule has 0 amide bonds. The zero-order valence-electron chi connectivity index (χ0n) is 16.4. The van der Waals surface area contributed by atoms with Crippen molar-refractivity contribution in [3.63, 3.8) is 0 Å². The van der Waals surface area contributed by atoms with Gasteiger partial charge in [0.2, 0.25) is 0 Å². The lowest BCUT2D eigenvalue weighted by Gasteiger charge is -2.40. The van der Waals surface area contributed by atoms with Gasteiger partial charge in [-0.15, -0.1) is 13.2 Å². The van der Waals surface area contributed by atoms with E-state index in [1.54, 1.807) is 19.9 Å². The Labute approximate surface area is 161 Å². The van der Waals surface area contributed by atoms with Crippen LogP contribution >= 0.6 is 0 Å². The fourth-order valence-corrected chi connectivity index (χ4v) is 3.79. The van der Waals surface area contributed by atoms with Gasteiger partial charge in [-0.3, -0.25) is 9.59 Å². The van der Waals surface area contributed by atoms with Crippen LogP contribution in [0.25, 0.3) is 0 Å². The third-order valence-corrected chi connectivity index (χ3v) is 5.08. The van der Waals surface area contributed by atoms with E-state index in [4.69, 9.17) is 14.2 Å². The molecule has 0 spiro atoms. The molecule has 6 heteroatoms. The molecule has 0 bridgehead atoms. The van der Waals surface area contributed by atoms with Gasteiger partial charge in [0.1, 0.15) is 17.8 Å². The van der Waals surface area contributed by atoms with Crippen molar-refractivity contribution >= 4 is 11.8 Å². The normalized spacial score (nSPS) is 31.7. The zero-order valence-corrected chi connectivity index (χ0v) is 16.4. The minimum Gasteiger partial charge on any atom is -0.459 e. The van der Waals surface area contributed by atoms with Crippen molar-refractivity contribution in [3.05, 3.63) is 25.3 Å². The zero-order chi connectivity index (χ0) is 20.1. The number of ether oxygens (including phenoxy) is 3. The first kappa shape index (κ1) is 21.8. The summed E-state index contributed by atoms with van der Waals surface area (Å²) in [6.45, 7) is 10.8. The van der Waals surface area contributed by atoms with Gasteiger partial charge in [-0.2, -0.15) is 0 Å². The van der Waals surface area contributed by atoms with Crippen LogP contribution in [0.3, 0.4) is 0 Å². The van der Waals surface area contributed by atoms with E-state index in [0.29, 0.717) is 12.8 Å². The Balaban J connectivity index is 2.07.